The van der Waals surface area contributed by atoms with Crippen molar-refractivity contribution >= 4 is 26.0 Å². The highest BCUT2D eigenvalue weighted by atomic mass is 79.9. The third-order valence-electron chi connectivity index (χ3n) is 2.64. The van der Waals surface area contributed by atoms with Gasteiger partial charge >= 0.3 is 0 Å². The molecule has 3 nitrogen and oxygen atoms in total. The van der Waals surface area contributed by atoms with Crippen LogP contribution in [-0.4, -0.2) is 8.42 Å². The molecule has 0 aliphatic carbocycles. The first kappa shape index (κ1) is 14.2. The van der Waals surface area contributed by atoms with Crippen molar-refractivity contribution in [3.63, 3.8) is 0 Å². The topological polar surface area (TPSA) is 46.2 Å². The largest absolute Gasteiger partial charge is 0.216 e. The van der Waals surface area contributed by atoms with E-state index in [0.29, 0.717) is 0 Å². The minimum Gasteiger partial charge on any atom is -0.212 e. The van der Waals surface area contributed by atoms with Gasteiger partial charge in [0.25, 0.3) is 0 Å². The summed E-state index contributed by atoms with van der Waals surface area (Å²) in [5.41, 5.74) is 1.70. The first-order valence-corrected chi connectivity index (χ1v) is 8.26. The second-order valence-corrected chi connectivity index (χ2v) is 6.82. The van der Waals surface area contributed by atoms with Gasteiger partial charge in [0, 0.05) is 11.0 Å². The smallest absolute Gasteiger partial charge is 0.212 e. The van der Waals surface area contributed by atoms with Crippen LogP contribution in [0.4, 0.5) is 0 Å². The van der Waals surface area contributed by atoms with E-state index >= 15 is 0 Å². The molecule has 0 unspecified atom stereocenters. The summed E-state index contributed by atoms with van der Waals surface area (Å²) < 4.78 is 27.4. The third kappa shape index (κ3) is 4.45. The van der Waals surface area contributed by atoms with E-state index in [1.165, 1.54) is 0 Å². The lowest BCUT2D eigenvalue weighted by Crippen LogP contribution is -2.24. The average molecular weight is 340 g/mol. The van der Waals surface area contributed by atoms with Crippen LogP contribution in [0.2, 0.25) is 0 Å². The molecule has 0 heterocycles. The van der Waals surface area contributed by atoms with Crippen LogP contribution in [0.25, 0.3) is 0 Å². The predicted octanol–water partition coefficient (Wildman–Crippen LogP) is 3.07. The zero-order valence-electron chi connectivity index (χ0n) is 10.2. The zero-order valence-corrected chi connectivity index (χ0v) is 12.6. The van der Waals surface area contributed by atoms with E-state index < -0.39 is 10.0 Å². The van der Waals surface area contributed by atoms with E-state index in [9.17, 15) is 8.42 Å². The molecule has 0 aliphatic heterocycles. The second-order valence-electron chi connectivity index (χ2n) is 4.16. The predicted molar refractivity (Wildman–Crippen MR) is 80.0 cm³/mol. The fourth-order valence-electron chi connectivity index (χ4n) is 1.67. The van der Waals surface area contributed by atoms with Gasteiger partial charge in [-0.15, -0.1) is 0 Å². The van der Waals surface area contributed by atoms with E-state index in [4.69, 9.17) is 0 Å². The molecule has 19 heavy (non-hydrogen) atoms. The standard InChI is InChI=1S/C14H14BrNO2S/c15-14-9-5-4-8-13(14)10-16-19(17,18)11-12-6-2-1-3-7-12/h1-9,16H,10-11H2. The Morgan fingerprint density at radius 3 is 2.26 bits per heavy atom. The molecule has 0 radical (unpaired) electrons. The molecular weight excluding hydrogens is 326 g/mol. The maximum absolute atomic E-state index is 12.0. The molecule has 0 atom stereocenters. The molecule has 0 spiro atoms. The van der Waals surface area contributed by atoms with Crippen molar-refractivity contribution in [3.05, 3.63) is 70.2 Å². The number of rotatable bonds is 5. The van der Waals surface area contributed by atoms with Crippen molar-refractivity contribution in [1.29, 1.82) is 0 Å². The monoisotopic (exact) mass is 339 g/mol. The Morgan fingerprint density at radius 1 is 0.947 bits per heavy atom. The maximum Gasteiger partial charge on any atom is 0.216 e. The molecule has 100 valence electrons. The van der Waals surface area contributed by atoms with E-state index in [1.54, 1.807) is 12.1 Å². The van der Waals surface area contributed by atoms with Gasteiger partial charge in [0.1, 0.15) is 0 Å². The van der Waals surface area contributed by atoms with E-state index in [2.05, 4.69) is 20.7 Å². The number of halogens is 1. The Labute approximate surface area is 121 Å². The van der Waals surface area contributed by atoms with Crippen molar-refractivity contribution < 1.29 is 8.42 Å². The van der Waals surface area contributed by atoms with Crippen molar-refractivity contribution in [2.45, 2.75) is 12.3 Å². The summed E-state index contributed by atoms with van der Waals surface area (Å²) in [6.07, 6.45) is 0. The van der Waals surface area contributed by atoms with Crippen LogP contribution in [0.1, 0.15) is 11.1 Å². The lowest BCUT2D eigenvalue weighted by atomic mass is 10.2. The van der Waals surface area contributed by atoms with Gasteiger partial charge < -0.3 is 0 Å². The fraction of sp³-hybridized carbons (Fsp3) is 0.143. The Balaban J connectivity index is 2.01. The molecule has 0 aliphatic rings. The van der Waals surface area contributed by atoms with Crippen LogP contribution < -0.4 is 4.72 Å². The first-order valence-electron chi connectivity index (χ1n) is 5.81. The van der Waals surface area contributed by atoms with Gasteiger partial charge in [-0.25, -0.2) is 13.1 Å². The highest BCUT2D eigenvalue weighted by molar-refractivity contribution is 9.10. The van der Waals surface area contributed by atoms with E-state index in [0.717, 1.165) is 15.6 Å². The second kappa shape index (κ2) is 6.32. The summed E-state index contributed by atoms with van der Waals surface area (Å²) >= 11 is 3.40. The van der Waals surface area contributed by atoms with Crippen molar-refractivity contribution in [3.8, 4) is 0 Å². The summed E-state index contributed by atoms with van der Waals surface area (Å²) in [7, 11) is -3.32. The summed E-state index contributed by atoms with van der Waals surface area (Å²) in [5.74, 6) is -0.00169. The maximum atomic E-state index is 12.0. The number of hydrogen-bond donors (Lipinski definition) is 1. The fourth-order valence-corrected chi connectivity index (χ4v) is 3.21. The molecule has 0 aromatic heterocycles. The van der Waals surface area contributed by atoms with Gasteiger partial charge in [-0.3, -0.25) is 0 Å². The molecule has 0 bridgehead atoms. The van der Waals surface area contributed by atoms with Gasteiger partial charge in [-0.1, -0.05) is 64.5 Å². The Kier molecular flexibility index (Phi) is 4.74. The van der Waals surface area contributed by atoms with Crippen LogP contribution >= 0.6 is 15.9 Å². The van der Waals surface area contributed by atoms with Crippen molar-refractivity contribution in [2.24, 2.45) is 0 Å². The number of benzene rings is 2. The van der Waals surface area contributed by atoms with Gasteiger partial charge in [-0.05, 0) is 17.2 Å². The molecule has 0 amide bonds. The summed E-state index contributed by atoms with van der Waals surface area (Å²) in [4.78, 5) is 0. The molecule has 5 heteroatoms. The molecule has 2 rings (SSSR count). The summed E-state index contributed by atoms with van der Waals surface area (Å²) in [5, 5.41) is 0. The van der Waals surface area contributed by atoms with Crippen LogP contribution in [-0.2, 0) is 22.3 Å². The van der Waals surface area contributed by atoms with E-state index in [1.807, 2.05) is 42.5 Å². The van der Waals surface area contributed by atoms with Crippen molar-refractivity contribution in [1.82, 2.24) is 4.72 Å². The highest BCUT2D eigenvalue weighted by Crippen LogP contribution is 2.16. The summed E-state index contributed by atoms with van der Waals surface area (Å²) in [6, 6.07) is 16.7. The first-order chi connectivity index (χ1) is 9.07. The molecule has 2 aromatic rings. The molecule has 0 saturated carbocycles. The van der Waals surface area contributed by atoms with Crippen LogP contribution in [0.5, 0.6) is 0 Å². The van der Waals surface area contributed by atoms with Gasteiger partial charge in [0.15, 0.2) is 0 Å². The molecule has 1 N–H and O–H groups in total. The van der Waals surface area contributed by atoms with Crippen LogP contribution in [0, 0.1) is 0 Å². The Bertz CT molecular complexity index is 642. The minimum absolute atomic E-state index is 0.00169. The molecular formula is C14H14BrNO2S. The van der Waals surface area contributed by atoms with Crippen molar-refractivity contribution in [2.75, 3.05) is 0 Å². The van der Waals surface area contributed by atoms with Gasteiger partial charge in [0.05, 0.1) is 5.75 Å². The average Bonchev–Trinajstić information content (AvgIpc) is 2.38. The molecule has 0 fully saturated rings. The highest BCUT2D eigenvalue weighted by Gasteiger charge is 2.11. The summed E-state index contributed by atoms with van der Waals surface area (Å²) in [6.45, 7) is 0.288. The van der Waals surface area contributed by atoms with Gasteiger partial charge in [0.2, 0.25) is 10.0 Å². The lowest BCUT2D eigenvalue weighted by Gasteiger charge is -2.08. The lowest BCUT2D eigenvalue weighted by molar-refractivity contribution is 0.580. The quantitative estimate of drug-likeness (QED) is 0.909. The Morgan fingerprint density at radius 2 is 1.58 bits per heavy atom. The Hall–Kier alpha value is -1.17. The zero-order chi connectivity index (χ0) is 13.7. The van der Waals surface area contributed by atoms with E-state index in [-0.39, 0.29) is 12.3 Å². The number of hydrogen-bond acceptors (Lipinski definition) is 2. The molecule has 2 aromatic carbocycles. The van der Waals surface area contributed by atoms with Crippen LogP contribution in [0.15, 0.2) is 59.1 Å². The third-order valence-corrected chi connectivity index (χ3v) is 4.71. The SMILES string of the molecule is O=S(=O)(Cc1ccccc1)NCc1ccccc1Br. The number of nitrogens with one attached hydrogen (secondary N) is 1. The molecule has 0 saturated heterocycles. The minimum atomic E-state index is -3.32. The normalized spacial score (nSPS) is 11.4. The number of sulfonamides is 1. The van der Waals surface area contributed by atoms with Crippen LogP contribution in [0.3, 0.4) is 0 Å². The van der Waals surface area contributed by atoms with Gasteiger partial charge in [-0.2, -0.15) is 0 Å².